The molecule has 1 aliphatic heterocycles. The van der Waals surface area contributed by atoms with Gasteiger partial charge in [-0.2, -0.15) is 0 Å². The van der Waals surface area contributed by atoms with Gasteiger partial charge in [-0.1, -0.05) is 17.7 Å². The largest absolute Gasteiger partial charge is 0.480 e. The number of amides is 1. The van der Waals surface area contributed by atoms with Crippen LogP contribution in [0.2, 0.25) is 5.02 Å². The van der Waals surface area contributed by atoms with Crippen molar-refractivity contribution in [2.75, 3.05) is 26.7 Å². The average molecular weight is 376 g/mol. The number of hydrogen-bond donors (Lipinski definition) is 1. The van der Waals surface area contributed by atoms with Crippen molar-refractivity contribution in [3.63, 3.8) is 0 Å². The van der Waals surface area contributed by atoms with Gasteiger partial charge in [0.1, 0.15) is 0 Å². The van der Waals surface area contributed by atoms with Crippen molar-refractivity contribution in [1.82, 2.24) is 14.8 Å². The Morgan fingerprint density at radius 1 is 1.35 bits per heavy atom. The highest BCUT2D eigenvalue weighted by molar-refractivity contribution is 6.32. The zero-order valence-corrected chi connectivity index (χ0v) is 15.4. The van der Waals surface area contributed by atoms with Crippen molar-refractivity contribution in [3.8, 4) is 0 Å². The van der Waals surface area contributed by atoms with E-state index in [-0.39, 0.29) is 18.5 Å². The van der Waals surface area contributed by atoms with E-state index in [1.54, 1.807) is 18.3 Å². The van der Waals surface area contributed by atoms with Gasteiger partial charge in [-0.15, -0.1) is 0 Å². The van der Waals surface area contributed by atoms with E-state index in [2.05, 4.69) is 4.98 Å². The summed E-state index contributed by atoms with van der Waals surface area (Å²) in [6.45, 7) is 1.26. The molecule has 7 heteroatoms. The number of halogens is 1. The second kappa shape index (κ2) is 8.01. The van der Waals surface area contributed by atoms with Crippen LogP contribution in [0.25, 0.3) is 10.9 Å². The van der Waals surface area contributed by atoms with E-state index < -0.39 is 5.97 Å². The first-order chi connectivity index (χ1) is 12.5. The van der Waals surface area contributed by atoms with Crippen LogP contribution in [-0.4, -0.2) is 64.5 Å². The highest BCUT2D eigenvalue weighted by Gasteiger charge is 2.25. The molecule has 0 bridgehead atoms. The highest BCUT2D eigenvalue weighted by Crippen LogP contribution is 2.25. The van der Waals surface area contributed by atoms with E-state index in [0.717, 1.165) is 24.6 Å². The van der Waals surface area contributed by atoms with Crippen molar-refractivity contribution in [1.29, 1.82) is 0 Å². The zero-order chi connectivity index (χ0) is 18.7. The van der Waals surface area contributed by atoms with Gasteiger partial charge in [0.25, 0.3) is 5.91 Å². The SMILES string of the molecule is CN(CC(=O)O)C1CCCN(C(=O)c2cc(Cl)cc3cccnc23)CC1. The first kappa shape index (κ1) is 18.6. The molecule has 138 valence electrons. The van der Waals surface area contributed by atoms with Crippen molar-refractivity contribution in [3.05, 3.63) is 41.0 Å². The number of aliphatic carboxylic acids is 1. The third-order valence-electron chi connectivity index (χ3n) is 4.89. The maximum absolute atomic E-state index is 13.1. The zero-order valence-electron chi connectivity index (χ0n) is 14.7. The Morgan fingerprint density at radius 2 is 2.15 bits per heavy atom. The molecular formula is C19H22ClN3O3. The molecule has 0 saturated carbocycles. The Kier molecular flexibility index (Phi) is 5.74. The van der Waals surface area contributed by atoms with Crippen LogP contribution in [0.5, 0.6) is 0 Å². The third-order valence-corrected chi connectivity index (χ3v) is 5.11. The van der Waals surface area contributed by atoms with Crippen molar-refractivity contribution < 1.29 is 14.7 Å². The summed E-state index contributed by atoms with van der Waals surface area (Å²) in [6.07, 6.45) is 4.14. The maximum atomic E-state index is 13.1. The van der Waals surface area contributed by atoms with Crippen LogP contribution in [0.3, 0.4) is 0 Å². The minimum atomic E-state index is -0.832. The monoisotopic (exact) mass is 375 g/mol. The second-order valence-electron chi connectivity index (χ2n) is 6.71. The van der Waals surface area contributed by atoms with E-state index in [4.69, 9.17) is 16.7 Å². The van der Waals surface area contributed by atoms with Crippen LogP contribution < -0.4 is 0 Å². The number of carboxylic acids is 1. The fraction of sp³-hybridized carbons (Fsp3) is 0.421. The smallest absolute Gasteiger partial charge is 0.317 e. The van der Waals surface area contributed by atoms with Crippen LogP contribution in [0, 0.1) is 0 Å². The molecule has 1 unspecified atom stereocenters. The lowest BCUT2D eigenvalue weighted by molar-refractivity contribution is -0.138. The maximum Gasteiger partial charge on any atom is 0.317 e. The standard InChI is InChI=1S/C19H22ClN3O3/c1-22(12-17(24)25)15-5-3-8-23(9-6-15)19(26)16-11-14(20)10-13-4-2-7-21-18(13)16/h2,4,7,10-11,15H,3,5-6,8-9,12H2,1H3,(H,24,25). The van der Waals surface area contributed by atoms with Crippen LogP contribution in [-0.2, 0) is 4.79 Å². The predicted molar refractivity (Wildman–Crippen MR) is 101 cm³/mol. The van der Waals surface area contributed by atoms with Gasteiger partial charge in [0.05, 0.1) is 17.6 Å². The van der Waals surface area contributed by atoms with Gasteiger partial charge in [-0.3, -0.25) is 19.5 Å². The molecule has 1 aromatic carbocycles. The summed E-state index contributed by atoms with van der Waals surface area (Å²) in [5, 5.41) is 10.3. The van der Waals surface area contributed by atoms with E-state index in [1.807, 2.05) is 29.0 Å². The van der Waals surface area contributed by atoms with Crippen LogP contribution in [0.4, 0.5) is 0 Å². The van der Waals surface area contributed by atoms with Gasteiger partial charge in [-0.05, 0) is 44.5 Å². The predicted octanol–water partition coefficient (Wildman–Crippen LogP) is 2.90. The number of likely N-dealkylation sites (tertiary alicyclic amines) is 1. The molecule has 1 amide bonds. The van der Waals surface area contributed by atoms with E-state index in [1.165, 1.54) is 0 Å². The lowest BCUT2D eigenvalue weighted by Crippen LogP contribution is -2.37. The minimum Gasteiger partial charge on any atom is -0.480 e. The summed E-state index contributed by atoms with van der Waals surface area (Å²) in [4.78, 5) is 32.1. The molecule has 0 aliphatic carbocycles. The molecular weight excluding hydrogens is 354 g/mol. The number of carbonyl (C=O) groups excluding carboxylic acids is 1. The molecule has 1 aliphatic rings. The summed E-state index contributed by atoms with van der Waals surface area (Å²) >= 11 is 6.19. The average Bonchev–Trinajstić information content (AvgIpc) is 2.86. The minimum absolute atomic E-state index is 0.0153. The van der Waals surface area contributed by atoms with Crippen LogP contribution in [0.15, 0.2) is 30.5 Å². The first-order valence-electron chi connectivity index (χ1n) is 8.71. The molecule has 1 saturated heterocycles. The molecule has 0 radical (unpaired) electrons. The molecule has 3 rings (SSSR count). The second-order valence-corrected chi connectivity index (χ2v) is 7.15. The lowest BCUT2D eigenvalue weighted by atomic mass is 10.1. The first-order valence-corrected chi connectivity index (χ1v) is 9.09. The lowest BCUT2D eigenvalue weighted by Gasteiger charge is -2.25. The molecule has 26 heavy (non-hydrogen) atoms. The Balaban J connectivity index is 1.78. The molecule has 1 aromatic heterocycles. The fourth-order valence-electron chi connectivity index (χ4n) is 3.55. The molecule has 1 fully saturated rings. The summed E-state index contributed by atoms with van der Waals surface area (Å²) in [5.41, 5.74) is 1.18. The number of aromatic nitrogens is 1. The summed E-state index contributed by atoms with van der Waals surface area (Å²) in [5.74, 6) is -0.904. The van der Waals surface area contributed by atoms with E-state index in [9.17, 15) is 9.59 Å². The molecule has 0 spiro atoms. The number of fused-ring (bicyclic) bond motifs is 1. The third kappa shape index (κ3) is 4.14. The number of carboxylic acid groups (broad SMARTS) is 1. The van der Waals surface area contributed by atoms with Crippen molar-refractivity contribution in [2.45, 2.75) is 25.3 Å². The quantitative estimate of drug-likeness (QED) is 0.889. The Hall–Kier alpha value is -2.18. The van der Waals surface area contributed by atoms with Crippen LogP contribution >= 0.6 is 11.6 Å². The van der Waals surface area contributed by atoms with E-state index >= 15 is 0 Å². The highest BCUT2D eigenvalue weighted by atomic mass is 35.5. The number of rotatable bonds is 4. The Morgan fingerprint density at radius 3 is 2.92 bits per heavy atom. The van der Waals surface area contributed by atoms with Gasteiger partial charge in [0, 0.05) is 35.7 Å². The van der Waals surface area contributed by atoms with Gasteiger partial charge in [0.2, 0.25) is 0 Å². The summed E-state index contributed by atoms with van der Waals surface area (Å²) < 4.78 is 0. The van der Waals surface area contributed by atoms with Gasteiger partial charge < -0.3 is 10.0 Å². The van der Waals surface area contributed by atoms with Gasteiger partial charge in [-0.25, -0.2) is 0 Å². The molecule has 1 atom stereocenters. The number of hydrogen-bond acceptors (Lipinski definition) is 4. The number of carbonyl (C=O) groups is 2. The summed E-state index contributed by atoms with van der Waals surface area (Å²) in [7, 11) is 1.82. The molecule has 1 N–H and O–H groups in total. The van der Waals surface area contributed by atoms with Crippen molar-refractivity contribution in [2.24, 2.45) is 0 Å². The topological polar surface area (TPSA) is 73.7 Å². The summed E-state index contributed by atoms with van der Waals surface area (Å²) in [6, 6.07) is 7.36. The van der Waals surface area contributed by atoms with Gasteiger partial charge >= 0.3 is 5.97 Å². The number of pyridine rings is 1. The van der Waals surface area contributed by atoms with Crippen LogP contribution in [0.1, 0.15) is 29.6 Å². The Bertz CT molecular complexity index is 827. The number of likely N-dealkylation sites (N-methyl/N-ethyl adjacent to an activating group) is 1. The van der Waals surface area contributed by atoms with E-state index in [0.29, 0.717) is 29.2 Å². The fourth-order valence-corrected chi connectivity index (χ4v) is 3.78. The number of nitrogens with zero attached hydrogens (tertiary/aromatic N) is 3. The number of benzene rings is 1. The molecule has 2 aromatic rings. The van der Waals surface area contributed by atoms with Gasteiger partial charge in [0.15, 0.2) is 0 Å². The Labute approximate surface area is 157 Å². The molecule has 2 heterocycles. The van der Waals surface area contributed by atoms with Crippen molar-refractivity contribution >= 4 is 34.4 Å². The molecule has 6 nitrogen and oxygen atoms in total. The normalized spacial score (nSPS) is 18.1.